The number of nitrogens with two attached hydrogens (primary N) is 1. The van der Waals surface area contributed by atoms with Gasteiger partial charge in [0.2, 0.25) is 0 Å². The van der Waals surface area contributed by atoms with Crippen LogP contribution in [0.1, 0.15) is 26.2 Å². The van der Waals surface area contributed by atoms with Crippen LogP contribution in [0, 0.1) is 5.92 Å². The molecule has 1 aliphatic heterocycles. The van der Waals surface area contributed by atoms with Gasteiger partial charge in [0.1, 0.15) is 0 Å². The zero-order chi connectivity index (χ0) is 9.84. The maximum Gasteiger partial charge on any atom is 0.451 e. The second kappa shape index (κ2) is 4.95. The fraction of sp³-hybridized carbons (Fsp3) is 1.00. The summed E-state index contributed by atoms with van der Waals surface area (Å²) in [6, 6.07) is 0.464. The molecule has 4 nitrogen and oxygen atoms in total. The van der Waals surface area contributed by atoms with Crippen molar-refractivity contribution in [3.05, 3.63) is 0 Å². The topological polar surface area (TPSA) is 78.5 Å². The Balaban J connectivity index is 2.14. The molecule has 1 fully saturated rings. The van der Waals surface area contributed by atoms with Crippen molar-refractivity contribution < 1.29 is 10.0 Å². The summed E-state index contributed by atoms with van der Waals surface area (Å²) >= 11 is 0. The summed E-state index contributed by atoms with van der Waals surface area (Å²) in [5.74, 6) is 0.591. The molecule has 0 amide bonds. The molecule has 5 N–H and O–H groups in total. The van der Waals surface area contributed by atoms with Gasteiger partial charge < -0.3 is 15.8 Å². The van der Waals surface area contributed by atoms with Crippen LogP contribution in [0.4, 0.5) is 0 Å². The molecular weight excluding hydrogens is 167 g/mol. The van der Waals surface area contributed by atoms with Gasteiger partial charge in [0.05, 0.1) is 6.17 Å². The lowest BCUT2D eigenvalue weighted by molar-refractivity contribution is 0.389. The van der Waals surface area contributed by atoms with Crippen molar-refractivity contribution >= 4 is 7.12 Å². The molecule has 0 unspecified atom stereocenters. The van der Waals surface area contributed by atoms with E-state index in [1.807, 2.05) is 0 Å². The SMILES string of the molecule is C[C@H]1N[C@H](N)C[C@H]1CCCB(O)O. The highest BCUT2D eigenvalue weighted by atomic mass is 16.4. The summed E-state index contributed by atoms with van der Waals surface area (Å²) in [7, 11) is -1.15. The Kier molecular flexibility index (Phi) is 4.19. The number of rotatable bonds is 4. The van der Waals surface area contributed by atoms with Crippen LogP contribution in [-0.4, -0.2) is 29.4 Å². The third-order valence-corrected chi connectivity index (χ3v) is 2.78. The zero-order valence-corrected chi connectivity index (χ0v) is 8.11. The van der Waals surface area contributed by atoms with Crippen LogP contribution < -0.4 is 11.1 Å². The fourth-order valence-corrected chi connectivity index (χ4v) is 2.00. The summed E-state index contributed by atoms with van der Waals surface area (Å²) < 4.78 is 0. The van der Waals surface area contributed by atoms with Gasteiger partial charge in [-0.15, -0.1) is 0 Å². The van der Waals surface area contributed by atoms with Crippen LogP contribution in [0.5, 0.6) is 0 Å². The standard InChI is InChI=1S/C8H19BN2O2/c1-6-7(5-8(10)11-6)3-2-4-9(12)13/h6-8,11-13H,2-5,10H2,1H3/t6-,7-,8+/m1/s1. The second-order valence-corrected chi connectivity index (χ2v) is 3.97. The highest BCUT2D eigenvalue weighted by molar-refractivity contribution is 6.40. The zero-order valence-electron chi connectivity index (χ0n) is 8.11. The van der Waals surface area contributed by atoms with Gasteiger partial charge in [-0.3, -0.25) is 5.32 Å². The van der Waals surface area contributed by atoms with Crippen molar-refractivity contribution in [1.29, 1.82) is 0 Å². The summed E-state index contributed by atoms with van der Waals surface area (Å²) in [5.41, 5.74) is 5.74. The van der Waals surface area contributed by atoms with E-state index in [1.165, 1.54) is 0 Å². The van der Waals surface area contributed by atoms with Crippen molar-refractivity contribution in [3.8, 4) is 0 Å². The summed E-state index contributed by atoms with van der Waals surface area (Å²) in [5, 5.41) is 20.6. The van der Waals surface area contributed by atoms with Crippen molar-refractivity contribution in [2.24, 2.45) is 11.7 Å². The molecule has 1 saturated heterocycles. The Labute approximate surface area is 79.7 Å². The molecule has 1 rings (SSSR count). The van der Waals surface area contributed by atoms with Crippen molar-refractivity contribution in [1.82, 2.24) is 5.32 Å². The fourth-order valence-electron chi connectivity index (χ4n) is 2.00. The first-order valence-corrected chi connectivity index (χ1v) is 4.97. The molecule has 0 bridgehead atoms. The molecule has 13 heavy (non-hydrogen) atoms. The minimum Gasteiger partial charge on any atom is -0.427 e. The lowest BCUT2D eigenvalue weighted by Gasteiger charge is -2.13. The lowest BCUT2D eigenvalue weighted by atomic mass is 9.81. The molecule has 5 heteroatoms. The van der Waals surface area contributed by atoms with Gasteiger partial charge in [0.25, 0.3) is 0 Å². The molecule has 0 aromatic carbocycles. The second-order valence-electron chi connectivity index (χ2n) is 3.97. The van der Waals surface area contributed by atoms with Gasteiger partial charge in [0.15, 0.2) is 0 Å². The molecule has 76 valence electrons. The van der Waals surface area contributed by atoms with E-state index in [0.29, 0.717) is 18.3 Å². The Morgan fingerprint density at radius 3 is 2.69 bits per heavy atom. The van der Waals surface area contributed by atoms with Gasteiger partial charge >= 0.3 is 7.12 Å². The van der Waals surface area contributed by atoms with E-state index in [1.54, 1.807) is 0 Å². The van der Waals surface area contributed by atoms with Crippen LogP contribution in [0.15, 0.2) is 0 Å². The van der Waals surface area contributed by atoms with E-state index in [4.69, 9.17) is 15.8 Å². The van der Waals surface area contributed by atoms with Crippen LogP contribution in [0.25, 0.3) is 0 Å². The number of hydrogen-bond donors (Lipinski definition) is 4. The third kappa shape index (κ3) is 3.64. The van der Waals surface area contributed by atoms with Gasteiger partial charge in [0, 0.05) is 6.04 Å². The first kappa shape index (κ1) is 11.0. The molecule has 1 aliphatic rings. The average molecular weight is 186 g/mol. The first-order chi connectivity index (χ1) is 6.09. The van der Waals surface area contributed by atoms with E-state index >= 15 is 0 Å². The average Bonchev–Trinajstić information content (AvgIpc) is 2.29. The molecule has 0 spiro atoms. The highest BCUT2D eigenvalue weighted by Gasteiger charge is 2.27. The Bertz CT molecular complexity index is 157. The van der Waals surface area contributed by atoms with E-state index in [0.717, 1.165) is 19.3 Å². The van der Waals surface area contributed by atoms with Crippen molar-refractivity contribution in [2.75, 3.05) is 0 Å². The molecule has 0 aromatic heterocycles. The van der Waals surface area contributed by atoms with Crippen molar-refractivity contribution in [3.63, 3.8) is 0 Å². The summed E-state index contributed by atoms with van der Waals surface area (Å²) in [4.78, 5) is 0. The summed E-state index contributed by atoms with van der Waals surface area (Å²) in [6.45, 7) is 2.13. The minimum atomic E-state index is -1.15. The van der Waals surface area contributed by atoms with Crippen molar-refractivity contribution in [2.45, 2.75) is 44.7 Å². The third-order valence-electron chi connectivity index (χ3n) is 2.78. The molecule has 1 heterocycles. The molecular formula is C8H19BN2O2. The number of hydrogen-bond acceptors (Lipinski definition) is 4. The smallest absolute Gasteiger partial charge is 0.427 e. The first-order valence-electron chi connectivity index (χ1n) is 4.97. The maximum absolute atomic E-state index is 8.66. The van der Waals surface area contributed by atoms with Crippen LogP contribution in [-0.2, 0) is 0 Å². The molecule has 0 radical (unpaired) electrons. The van der Waals surface area contributed by atoms with Crippen LogP contribution in [0.2, 0.25) is 6.32 Å². The van der Waals surface area contributed by atoms with Gasteiger partial charge in [-0.05, 0) is 32.0 Å². The number of nitrogens with one attached hydrogen (secondary N) is 1. The van der Waals surface area contributed by atoms with Crippen LogP contribution in [0.3, 0.4) is 0 Å². The van der Waals surface area contributed by atoms with E-state index in [2.05, 4.69) is 12.2 Å². The Morgan fingerprint density at radius 1 is 1.54 bits per heavy atom. The summed E-state index contributed by atoms with van der Waals surface area (Å²) in [6.07, 6.45) is 3.49. The molecule has 0 aromatic rings. The van der Waals surface area contributed by atoms with E-state index < -0.39 is 7.12 Å². The van der Waals surface area contributed by atoms with Gasteiger partial charge in [-0.1, -0.05) is 6.42 Å². The molecule has 0 saturated carbocycles. The Morgan fingerprint density at radius 2 is 2.23 bits per heavy atom. The highest BCUT2D eigenvalue weighted by Crippen LogP contribution is 2.23. The lowest BCUT2D eigenvalue weighted by Crippen LogP contribution is -2.34. The van der Waals surface area contributed by atoms with Gasteiger partial charge in [-0.25, -0.2) is 0 Å². The van der Waals surface area contributed by atoms with Gasteiger partial charge in [-0.2, -0.15) is 0 Å². The normalized spacial score (nSPS) is 33.7. The predicted molar refractivity (Wildman–Crippen MR) is 52.9 cm³/mol. The quantitative estimate of drug-likeness (QED) is 0.447. The van der Waals surface area contributed by atoms with E-state index in [-0.39, 0.29) is 6.17 Å². The van der Waals surface area contributed by atoms with E-state index in [9.17, 15) is 0 Å². The molecule has 0 aliphatic carbocycles. The Hall–Kier alpha value is -0.0951. The minimum absolute atomic E-state index is 0.124. The van der Waals surface area contributed by atoms with Crippen LogP contribution >= 0.6 is 0 Å². The monoisotopic (exact) mass is 186 g/mol. The molecule has 3 atom stereocenters. The predicted octanol–water partition coefficient (Wildman–Crippen LogP) is -0.478. The maximum atomic E-state index is 8.66. The largest absolute Gasteiger partial charge is 0.451 e.